The number of allylic oxidation sites excluding steroid dienone is 1. The highest BCUT2D eigenvalue weighted by Gasteiger charge is 2.21. The molecule has 2 aliphatic heterocycles. The number of fused-ring (bicyclic) bond motifs is 2. The first-order chi connectivity index (χ1) is 6.93. The molecule has 0 bridgehead atoms. The summed E-state index contributed by atoms with van der Waals surface area (Å²) in [5.41, 5.74) is 2.22. The largest absolute Gasteiger partial charge is 0.289 e. The molecule has 4 heteroatoms. The van der Waals surface area contributed by atoms with E-state index in [4.69, 9.17) is 0 Å². The Hall–Kier alpha value is -1.97. The van der Waals surface area contributed by atoms with Crippen molar-refractivity contribution in [1.82, 2.24) is 9.88 Å². The van der Waals surface area contributed by atoms with Crippen molar-refractivity contribution in [3.8, 4) is 0 Å². The van der Waals surface area contributed by atoms with Gasteiger partial charge in [-0.2, -0.15) is 4.57 Å². The van der Waals surface area contributed by atoms with E-state index in [1.165, 1.54) is 0 Å². The summed E-state index contributed by atoms with van der Waals surface area (Å²) in [7, 11) is 0. The quantitative estimate of drug-likeness (QED) is 0.552. The Bertz CT molecular complexity index is 459. The topological polar surface area (TPSA) is 32.4 Å². The Morgan fingerprint density at radius 2 is 2.43 bits per heavy atom. The van der Waals surface area contributed by atoms with Gasteiger partial charge in [-0.25, -0.2) is 0 Å². The Morgan fingerprint density at radius 1 is 1.43 bits per heavy atom. The Kier molecular flexibility index (Phi) is 1.47. The molecule has 0 N–H and O–H groups in total. The molecule has 0 aromatic carbocycles. The summed E-state index contributed by atoms with van der Waals surface area (Å²) in [6.07, 6.45) is 13.3. The lowest BCUT2D eigenvalue weighted by Crippen LogP contribution is -2.47. The van der Waals surface area contributed by atoms with Crippen LogP contribution in [0, 0.1) is 0 Å². The molecule has 2 aliphatic rings. The van der Waals surface area contributed by atoms with E-state index in [-0.39, 0.29) is 0 Å². The molecular formula is C10H9N4+. The number of aromatic nitrogens is 2. The van der Waals surface area contributed by atoms with Crippen molar-refractivity contribution >= 4 is 12.3 Å². The zero-order valence-electron chi connectivity index (χ0n) is 7.54. The van der Waals surface area contributed by atoms with Gasteiger partial charge in [-0.05, 0) is 0 Å². The van der Waals surface area contributed by atoms with E-state index in [0.29, 0.717) is 0 Å². The van der Waals surface area contributed by atoms with Gasteiger partial charge in [-0.1, -0.05) is 0 Å². The van der Waals surface area contributed by atoms with Gasteiger partial charge in [0.25, 0.3) is 0 Å². The first kappa shape index (κ1) is 7.44. The van der Waals surface area contributed by atoms with E-state index in [1.807, 2.05) is 24.8 Å². The second-order valence-corrected chi connectivity index (χ2v) is 3.23. The standard InChI is InChI=1S/C10H9N4/c1-3-13-8-14-4-2-12-7-10(14)5-9(13)6-11-1/h1-7H,8H2/q+1. The van der Waals surface area contributed by atoms with Crippen LogP contribution in [0.15, 0.2) is 41.7 Å². The SMILES string of the molecule is C1=CN2C[n+]3ccncc3C=C2C=N1. The molecule has 1 aromatic heterocycles. The Morgan fingerprint density at radius 3 is 3.43 bits per heavy atom. The van der Waals surface area contributed by atoms with Crippen LogP contribution >= 0.6 is 0 Å². The summed E-state index contributed by atoms with van der Waals surface area (Å²) in [6, 6.07) is 0. The molecular weight excluding hydrogens is 176 g/mol. The molecule has 0 saturated heterocycles. The van der Waals surface area contributed by atoms with E-state index in [0.717, 1.165) is 18.1 Å². The third-order valence-corrected chi connectivity index (χ3v) is 2.34. The van der Waals surface area contributed by atoms with Crippen LogP contribution in [-0.4, -0.2) is 16.1 Å². The maximum atomic E-state index is 4.09. The predicted octanol–water partition coefficient (Wildman–Crippen LogP) is 0.539. The van der Waals surface area contributed by atoms with Crippen molar-refractivity contribution in [2.75, 3.05) is 0 Å². The van der Waals surface area contributed by atoms with Crippen molar-refractivity contribution in [2.24, 2.45) is 4.99 Å². The van der Waals surface area contributed by atoms with Gasteiger partial charge in [0.2, 0.25) is 12.4 Å². The fourth-order valence-corrected chi connectivity index (χ4v) is 1.61. The lowest BCUT2D eigenvalue weighted by Gasteiger charge is -2.23. The first-order valence-corrected chi connectivity index (χ1v) is 4.45. The van der Waals surface area contributed by atoms with E-state index in [9.17, 15) is 0 Å². The second-order valence-electron chi connectivity index (χ2n) is 3.23. The Balaban J connectivity index is 2.13. The van der Waals surface area contributed by atoms with Gasteiger partial charge >= 0.3 is 0 Å². The van der Waals surface area contributed by atoms with Crippen molar-refractivity contribution < 1.29 is 4.57 Å². The highest BCUT2D eigenvalue weighted by molar-refractivity contribution is 5.85. The van der Waals surface area contributed by atoms with E-state index in [2.05, 4.69) is 25.5 Å². The number of aliphatic imine (C=N–C) groups is 1. The predicted molar refractivity (Wildman–Crippen MR) is 51.9 cm³/mol. The smallest absolute Gasteiger partial charge is 0.228 e. The van der Waals surface area contributed by atoms with E-state index < -0.39 is 0 Å². The molecule has 0 atom stereocenters. The van der Waals surface area contributed by atoms with E-state index >= 15 is 0 Å². The van der Waals surface area contributed by atoms with Gasteiger partial charge in [-0.15, -0.1) is 0 Å². The van der Waals surface area contributed by atoms with Crippen LogP contribution in [-0.2, 0) is 6.67 Å². The third-order valence-electron chi connectivity index (χ3n) is 2.34. The molecule has 0 saturated carbocycles. The summed E-state index contributed by atoms with van der Waals surface area (Å²) >= 11 is 0. The zero-order chi connectivity index (χ0) is 9.38. The summed E-state index contributed by atoms with van der Waals surface area (Å²) < 4.78 is 2.14. The number of rotatable bonds is 0. The van der Waals surface area contributed by atoms with Crippen LogP contribution in [0.3, 0.4) is 0 Å². The van der Waals surface area contributed by atoms with Crippen LogP contribution in [0.4, 0.5) is 0 Å². The molecule has 4 nitrogen and oxygen atoms in total. The monoisotopic (exact) mass is 185 g/mol. The number of nitrogens with zero attached hydrogens (tertiary/aromatic N) is 4. The minimum atomic E-state index is 0.826. The van der Waals surface area contributed by atoms with Gasteiger partial charge < -0.3 is 0 Å². The van der Waals surface area contributed by atoms with Crippen LogP contribution in [0.2, 0.25) is 0 Å². The van der Waals surface area contributed by atoms with Gasteiger partial charge in [0.05, 0.1) is 24.3 Å². The zero-order valence-corrected chi connectivity index (χ0v) is 7.54. The molecule has 0 radical (unpaired) electrons. The molecule has 3 heterocycles. The minimum Gasteiger partial charge on any atom is -0.289 e. The molecule has 1 aromatic rings. The summed E-state index contributed by atoms with van der Waals surface area (Å²) in [5, 5.41) is 0. The van der Waals surface area contributed by atoms with Crippen LogP contribution in [0.5, 0.6) is 0 Å². The average molecular weight is 185 g/mol. The Labute approximate surface area is 81.5 Å². The minimum absolute atomic E-state index is 0.826. The lowest BCUT2D eigenvalue weighted by molar-refractivity contribution is -0.716. The molecule has 0 aliphatic carbocycles. The van der Waals surface area contributed by atoms with Gasteiger partial charge in [0.1, 0.15) is 0 Å². The van der Waals surface area contributed by atoms with Crippen molar-refractivity contribution in [3.63, 3.8) is 0 Å². The maximum Gasteiger partial charge on any atom is 0.228 e. The first-order valence-electron chi connectivity index (χ1n) is 4.45. The highest BCUT2D eigenvalue weighted by Crippen LogP contribution is 2.14. The van der Waals surface area contributed by atoms with E-state index in [1.54, 1.807) is 12.4 Å². The summed E-state index contributed by atoms with van der Waals surface area (Å²) in [5.74, 6) is 0. The van der Waals surface area contributed by atoms with Crippen LogP contribution in [0.1, 0.15) is 5.69 Å². The van der Waals surface area contributed by atoms with Gasteiger partial charge in [0.15, 0.2) is 6.20 Å². The van der Waals surface area contributed by atoms with Gasteiger partial charge in [0, 0.05) is 18.5 Å². The van der Waals surface area contributed by atoms with Crippen LogP contribution in [0.25, 0.3) is 6.08 Å². The highest BCUT2D eigenvalue weighted by atomic mass is 15.3. The molecule has 3 rings (SSSR count). The third kappa shape index (κ3) is 1.04. The number of hydrogen-bond acceptors (Lipinski definition) is 3. The molecule has 14 heavy (non-hydrogen) atoms. The maximum absolute atomic E-state index is 4.09. The summed E-state index contributed by atoms with van der Waals surface area (Å²) in [6.45, 7) is 0.826. The molecule has 0 spiro atoms. The summed E-state index contributed by atoms with van der Waals surface area (Å²) in [4.78, 5) is 10.3. The normalized spacial score (nSPS) is 17.4. The molecule has 0 fully saturated rings. The second kappa shape index (κ2) is 2.77. The van der Waals surface area contributed by atoms with Crippen LogP contribution < -0.4 is 4.57 Å². The van der Waals surface area contributed by atoms with Crippen molar-refractivity contribution in [1.29, 1.82) is 0 Å². The molecule has 0 unspecified atom stereocenters. The molecule has 68 valence electrons. The van der Waals surface area contributed by atoms with Crippen molar-refractivity contribution in [2.45, 2.75) is 6.67 Å². The van der Waals surface area contributed by atoms with Gasteiger partial charge in [-0.3, -0.25) is 14.9 Å². The van der Waals surface area contributed by atoms with Crippen molar-refractivity contribution in [3.05, 3.63) is 42.4 Å². The molecule has 0 amide bonds. The average Bonchev–Trinajstić information content (AvgIpc) is 2.26. The number of hydrogen-bond donors (Lipinski definition) is 0. The lowest BCUT2D eigenvalue weighted by atomic mass is 10.2. The fourth-order valence-electron chi connectivity index (χ4n) is 1.61. The fraction of sp³-hybridized carbons (Fsp3) is 0.100.